The van der Waals surface area contributed by atoms with Crippen LogP contribution in [0.5, 0.6) is 0 Å². The lowest BCUT2D eigenvalue weighted by atomic mass is 9.78. The highest BCUT2D eigenvalue weighted by Gasteiger charge is 2.23. The van der Waals surface area contributed by atoms with Crippen LogP contribution < -0.4 is 5.73 Å². The number of nitrogens with zero attached hydrogens (tertiary/aromatic N) is 2. The van der Waals surface area contributed by atoms with Gasteiger partial charge in [0.2, 0.25) is 0 Å². The zero-order chi connectivity index (χ0) is 12.5. The second-order valence-electron chi connectivity index (χ2n) is 4.64. The monoisotopic (exact) mass is 259 g/mol. The predicted molar refractivity (Wildman–Crippen MR) is 73.5 cm³/mol. The number of aromatic nitrogens is 2. The van der Waals surface area contributed by atoms with Crippen LogP contribution >= 0.6 is 11.6 Å². The SMILES string of the molecule is Nc1ncnc(-c2ccccc2C2CCC2)c1Cl. The lowest BCUT2D eigenvalue weighted by Gasteiger charge is -2.27. The number of nitrogen functional groups attached to an aromatic ring is 1. The molecule has 1 saturated carbocycles. The van der Waals surface area contributed by atoms with Crippen LogP contribution in [0, 0.1) is 0 Å². The van der Waals surface area contributed by atoms with E-state index in [1.54, 1.807) is 0 Å². The molecule has 1 fully saturated rings. The van der Waals surface area contributed by atoms with Crippen LogP contribution in [0.15, 0.2) is 30.6 Å². The number of rotatable bonds is 2. The van der Waals surface area contributed by atoms with Gasteiger partial charge in [-0.1, -0.05) is 42.3 Å². The Hall–Kier alpha value is -1.61. The van der Waals surface area contributed by atoms with Gasteiger partial charge in [0.15, 0.2) is 0 Å². The van der Waals surface area contributed by atoms with Crippen LogP contribution in [0.3, 0.4) is 0 Å². The molecule has 1 aliphatic rings. The summed E-state index contributed by atoms with van der Waals surface area (Å²) < 4.78 is 0. The van der Waals surface area contributed by atoms with Crippen molar-refractivity contribution in [1.29, 1.82) is 0 Å². The second kappa shape index (κ2) is 4.58. The Morgan fingerprint density at radius 2 is 1.94 bits per heavy atom. The number of hydrogen-bond donors (Lipinski definition) is 1. The molecule has 2 N–H and O–H groups in total. The maximum Gasteiger partial charge on any atom is 0.146 e. The van der Waals surface area contributed by atoms with E-state index in [0.29, 0.717) is 16.8 Å². The van der Waals surface area contributed by atoms with E-state index < -0.39 is 0 Å². The highest BCUT2D eigenvalue weighted by Crippen LogP contribution is 2.42. The van der Waals surface area contributed by atoms with Gasteiger partial charge in [0.1, 0.15) is 17.2 Å². The summed E-state index contributed by atoms with van der Waals surface area (Å²) in [7, 11) is 0. The molecule has 3 rings (SSSR count). The van der Waals surface area contributed by atoms with Crippen LogP contribution in [0.1, 0.15) is 30.7 Å². The zero-order valence-electron chi connectivity index (χ0n) is 9.94. The summed E-state index contributed by atoms with van der Waals surface area (Å²) in [4.78, 5) is 8.20. The molecule has 2 aromatic rings. The van der Waals surface area contributed by atoms with E-state index in [0.717, 1.165) is 11.3 Å². The van der Waals surface area contributed by atoms with Gasteiger partial charge in [-0.25, -0.2) is 9.97 Å². The molecule has 1 aliphatic carbocycles. The molecule has 0 bridgehead atoms. The van der Waals surface area contributed by atoms with Gasteiger partial charge < -0.3 is 5.73 Å². The molecule has 4 heteroatoms. The van der Waals surface area contributed by atoms with E-state index in [1.165, 1.54) is 31.2 Å². The van der Waals surface area contributed by atoms with E-state index in [2.05, 4.69) is 28.2 Å². The van der Waals surface area contributed by atoms with Crippen molar-refractivity contribution < 1.29 is 0 Å². The van der Waals surface area contributed by atoms with Crippen LogP contribution in [0.25, 0.3) is 11.3 Å². The molecule has 0 atom stereocenters. The van der Waals surface area contributed by atoms with Gasteiger partial charge in [0.25, 0.3) is 0 Å². The molecule has 1 heterocycles. The van der Waals surface area contributed by atoms with Crippen molar-refractivity contribution in [3.8, 4) is 11.3 Å². The first-order chi connectivity index (χ1) is 8.77. The van der Waals surface area contributed by atoms with Gasteiger partial charge in [0, 0.05) is 5.56 Å². The Morgan fingerprint density at radius 3 is 2.67 bits per heavy atom. The first-order valence-corrected chi connectivity index (χ1v) is 6.50. The van der Waals surface area contributed by atoms with Crippen LogP contribution in [-0.4, -0.2) is 9.97 Å². The van der Waals surface area contributed by atoms with Crippen molar-refractivity contribution in [1.82, 2.24) is 9.97 Å². The summed E-state index contributed by atoms with van der Waals surface area (Å²) in [5.41, 5.74) is 8.90. The van der Waals surface area contributed by atoms with Crippen LogP contribution in [0.4, 0.5) is 5.82 Å². The first kappa shape index (κ1) is 11.5. The van der Waals surface area contributed by atoms with Gasteiger partial charge in [-0.2, -0.15) is 0 Å². The van der Waals surface area contributed by atoms with Gasteiger partial charge in [-0.3, -0.25) is 0 Å². The van der Waals surface area contributed by atoms with E-state index in [4.69, 9.17) is 17.3 Å². The molecule has 1 aromatic heterocycles. The molecule has 3 nitrogen and oxygen atoms in total. The summed E-state index contributed by atoms with van der Waals surface area (Å²) in [5, 5.41) is 0.448. The second-order valence-corrected chi connectivity index (χ2v) is 5.01. The summed E-state index contributed by atoms with van der Waals surface area (Å²) in [5.74, 6) is 0.971. The standard InChI is InChI=1S/C14H14ClN3/c15-12-13(17-8-18-14(12)16)11-7-2-1-6-10(11)9-4-3-5-9/h1-2,6-9H,3-5H2,(H2,16,17,18). The maximum atomic E-state index is 6.22. The zero-order valence-corrected chi connectivity index (χ0v) is 10.7. The Morgan fingerprint density at radius 1 is 1.17 bits per heavy atom. The van der Waals surface area contributed by atoms with Crippen molar-refractivity contribution in [3.05, 3.63) is 41.2 Å². The third-order valence-electron chi connectivity index (χ3n) is 3.58. The van der Waals surface area contributed by atoms with E-state index in [1.807, 2.05) is 6.07 Å². The normalized spacial score (nSPS) is 15.4. The summed E-state index contributed by atoms with van der Waals surface area (Å²) in [6, 6.07) is 8.29. The minimum atomic E-state index is 0.338. The van der Waals surface area contributed by atoms with E-state index in [9.17, 15) is 0 Å². The molecule has 0 saturated heterocycles. The predicted octanol–water partition coefficient (Wildman–Crippen LogP) is 3.65. The smallest absolute Gasteiger partial charge is 0.146 e. The lowest BCUT2D eigenvalue weighted by molar-refractivity contribution is 0.420. The minimum absolute atomic E-state index is 0.338. The topological polar surface area (TPSA) is 51.8 Å². The van der Waals surface area contributed by atoms with Crippen molar-refractivity contribution in [2.24, 2.45) is 0 Å². The average molecular weight is 260 g/mol. The fraction of sp³-hybridized carbons (Fsp3) is 0.286. The van der Waals surface area contributed by atoms with Gasteiger partial charge in [-0.05, 0) is 24.3 Å². The molecule has 0 unspecified atom stereocenters. The highest BCUT2D eigenvalue weighted by atomic mass is 35.5. The van der Waals surface area contributed by atoms with Gasteiger partial charge >= 0.3 is 0 Å². The fourth-order valence-corrected chi connectivity index (χ4v) is 2.56. The van der Waals surface area contributed by atoms with Gasteiger partial charge in [0.05, 0.1) is 5.69 Å². The minimum Gasteiger partial charge on any atom is -0.382 e. The lowest BCUT2D eigenvalue weighted by Crippen LogP contribution is -2.10. The van der Waals surface area contributed by atoms with Crippen LogP contribution in [-0.2, 0) is 0 Å². The molecule has 0 spiro atoms. The Labute approximate surface area is 111 Å². The molecular weight excluding hydrogens is 246 g/mol. The number of nitrogens with two attached hydrogens (primary N) is 1. The first-order valence-electron chi connectivity index (χ1n) is 6.12. The molecule has 0 aliphatic heterocycles. The van der Waals surface area contributed by atoms with Gasteiger partial charge in [-0.15, -0.1) is 0 Å². The largest absolute Gasteiger partial charge is 0.382 e. The molecule has 0 radical (unpaired) electrons. The maximum absolute atomic E-state index is 6.22. The van der Waals surface area contributed by atoms with E-state index >= 15 is 0 Å². The molecule has 1 aromatic carbocycles. The Kier molecular flexibility index (Phi) is 2.92. The summed E-state index contributed by atoms with van der Waals surface area (Å²) in [6.07, 6.45) is 5.26. The number of anilines is 1. The quantitative estimate of drug-likeness (QED) is 0.896. The van der Waals surface area contributed by atoms with E-state index in [-0.39, 0.29) is 0 Å². The summed E-state index contributed by atoms with van der Waals surface area (Å²) >= 11 is 6.22. The fourth-order valence-electron chi connectivity index (χ4n) is 2.36. The molecule has 92 valence electrons. The number of benzene rings is 1. The average Bonchev–Trinajstić information content (AvgIpc) is 2.32. The van der Waals surface area contributed by atoms with Crippen molar-refractivity contribution in [2.45, 2.75) is 25.2 Å². The molecule has 0 amide bonds. The van der Waals surface area contributed by atoms with Crippen molar-refractivity contribution >= 4 is 17.4 Å². The Bertz CT molecular complexity index is 579. The third-order valence-corrected chi connectivity index (χ3v) is 3.95. The molecular formula is C14H14ClN3. The number of hydrogen-bond acceptors (Lipinski definition) is 3. The van der Waals surface area contributed by atoms with Crippen LogP contribution in [0.2, 0.25) is 5.02 Å². The summed E-state index contributed by atoms with van der Waals surface area (Å²) in [6.45, 7) is 0. The molecule has 18 heavy (non-hydrogen) atoms. The van der Waals surface area contributed by atoms with Crippen molar-refractivity contribution in [2.75, 3.05) is 5.73 Å². The number of halogens is 1. The third kappa shape index (κ3) is 1.85. The Balaban J connectivity index is 2.13. The highest BCUT2D eigenvalue weighted by molar-refractivity contribution is 6.35. The van der Waals surface area contributed by atoms with Crippen molar-refractivity contribution in [3.63, 3.8) is 0 Å².